The molecule has 1 aliphatic heterocycles. The summed E-state index contributed by atoms with van der Waals surface area (Å²) in [5, 5.41) is 1.63. The van der Waals surface area contributed by atoms with Crippen molar-refractivity contribution in [1.29, 1.82) is 0 Å². The van der Waals surface area contributed by atoms with Crippen molar-refractivity contribution < 1.29 is 11.5 Å². The van der Waals surface area contributed by atoms with Crippen LogP contribution in [0.1, 0.15) is 12.8 Å². The largest absolute Gasteiger partial charge is 0.357 e. The van der Waals surface area contributed by atoms with Gasteiger partial charge in [-0.25, -0.2) is 0 Å². The minimum Gasteiger partial charge on any atom is -0.357 e. The van der Waals surface area contributed by atoms with Crippen molar-refractivity contribution in [3.63, 3.8) is 0 Å². The molecule has 0 unspecified atom stereocenters. The lowest BCUT2D eigenvalue weighted by molar-refractivity contribution is -0.369. The molecule has 0 radical (unpaired) electrons. The second-order valence-corrected chi connectivity index (χ2v) is 5.46. The summed E-state index contributed by atoms with van der Waals surface area (Å²) >= 11 is 0. The van der Waals surface area contributed by atoms with E-state index in [1.54, 1.807) is 0 Å². The molecule has 0 bridgehead atoms. The van der Waals surface area contributed by atoms with E-state index in [1.165, 1.54) is 12.8 Å². The third-order valence-corrected chi connectivity index (χ3v) is 5.35. The molecule has 2 nitrogen and oxygen atoms in total. The van der Waals surface area contributed by atoms with Gasteiger partial charge in [0, 0.05) is 0 Å². The van der Waals surface area contributed by atoms with Gasteiger partial charge in [-0.1, -0.05) is 21.6 Å². The Morgan fingerprint density at radius 3 is 1.60 bits per heavy atom. The monoisotopic (exact) mass is 180 g/mol. The van der Waals surface area contributed by atoms with Crippen LogP contribution in [0, 0.1) is 0 Å². The Balaban J connectivity index is 2.17. The van der Waals surface area contributed by atoms with Crippen LogP contribution in [0.2, 0.25) is 0 Å². The fourth-order valence-electron chi connectivity index (χ4n) is 1.01. The molecule has 0 aromatic rings. The molecule has 0 spiro atoms. The standard InChI is InChI=1S/C6H14N2S2/c7-3-5-1-2-6(4-8)10-9-5/h5-6H,1-4,7-8H2/p+2/t5-,6+. The first-order valence-electron chi connectivity index (χ1n) is 3.77. The van der Waals surface area contributed by atoms with Crippen LogP contribution in [0.5, 0.6) is 0 Å². The molecule has 0 aromatic heterocycles. The Bertz CT molecular complexity index is 79.7. The molecule has 4 heteroatoms. The van der Waals surface area contributed by atoms with Crippen LogP contribution in [0.3, 0.4) is 0 Å². The average Bonchev–Trinajstić information content (AvgIpc) is 2.05. The van der Waals surface area contributed by atoms with Crippen LogP contribution in [0.15, 0.2) is 0 Å². The fraction of sp³-hybridized carbons (Fsp3) is 1.00. The van der Waals surface area contributed by atoms with Crippen molar-refractivity contribution in [1.82, 2.24) is 0 Å². The molecule has 0 aliphatic carbocycles. The van der Waals surface area contributed by atoms with E-state index in [-0.39, 0.29) is 0 Å². The molecule has 2 atom stereocenters. The zero-order valence-corrected chi connectivity index (χ0v) is 7.85. The maximum atomic E-state index is 3.91. The van der Waals surface area contributed by atoms with Crippen LogP contribution in [-0.2, 0) is 0 Å². The molecule has 1 aliphatic rings. The van der Waals surface area contributed by atoms with Crippen LogP contribution >= 0.6 is 21.6 Å². The summed E-state index contributed by atoms with van der Waals surface area (Å²) in [5.41, 5.74) is 7.82. The highest BCUT2D eigenvalue weighted by atomic mass is 33.1. The van der Waals surface area contributed by atoms with E-state index in [4.69, 9.17) is 0 Å². The van der Waals surface area contributed by atoms with Crippen molar-refractivity contribution in [2.75, 3.05) is 13.1 Å². The minimum atomic E-state index is 0.813. The van der Waals surface area contributed by atoms with Crippen molar-refractivity contribution >= 4 is 21.6 Å². The quantitative estimate of drug-likeness (QED) is 0.557. The zero-order chi connectivity index (χ0) is 7.40. The zero-order valence-electron chi connectivity index (χ0n) is 6.21. The summed E-state index contributed by atoms with van der Waals surface area (Å²) < 4.78 is 0. The van der Waals surface area contributed by atoms with E-state index < -0.39 is 0 Å². The maximum absolute atomic E-state index is 3.91. The van der Waals surface area contributed by atoms with Crippen LogP contribution < -0.4 is 11.5 Å². The Morgan fingerprint density at radius 1 is 1.00 bits per heavy atom. The molecule has 1 saturated heterocycles. The highest BCUT2D eigenvalue weighted by Crippen LogP contribution is 2.39. The SMILES string of the molecule is [NH3+]C[C@@H]1CC[C@H](C[NH3+])SS1. The lowest BCUT2D eigenvalue weighted by Crippen LogP contribution is -2.57. The van der Waals surface area contributed by atoms with E-state index in [2.05, 4.69) is 11.5 Å². The van der Waals surface area contributed by atoms with Gasteiger partial charge in [0.15, 0.2) is 0 Å². The van der Waals surface area contributed by atoms with Crippen molar-refractivity contribution in [2.24, 2.45) is 0 Å². The molecular formula is C6H16N2S2+2. The molecular weight excluding hydrogens is 164 g/mol. The van der Waals surface area contributed by atoms with Crippen LogP contribution in [0.4, 0.5) is 0 Å². The second kappa shape index (κ2) is 4.49. The first-order valence-corrected chi connectivity index (χ1v) is 6.05. The van der Waals surface area contributed by atoms with Gasteiger partial charge >= 0.3 is 0 Å². The Morgan fingerprint density at radius 2 is 1.40 bits per heavy atom. The molecule has 6 N–H and O–H groups in total. The first-order chi connectivity index (χ1) is 4.86. The topological polar surface area (TPSA) is 55.3 Å². The van der Waals surface area contributed by atoms with Gasteiger partial charge in [-0.3, -0.25) is 0 Å². The van der Waals surface area contributed by atoms with E-state index in [1.807, 2.05) is 21.6 Å². The van der Waals surface area contributed by atoms with Gasteiger partial charge in [-0.2, -0.15) is 0 Å². The summed E-state index contributed by atoms with van der Waals surface area (Å²) in [6.07, 6.45) is 2.70. The van der Waals surface area contributed by atoms with E-state index in [0.29, 0.717) is 0 Å². The fourth-order valence-corrected chi connectivity index (χ4v) is 4.08. The Labute approximate surface area is 69.9 Å². The van der Waals surface area contributed by atoms with Crippen LogP contribution in [0.25, 0.3) is 0 Å². The lowest BCUT2D eigenvalue weighted by atomic mass is 10.2. The van der Waals surface area contributed by atoms with Gasteiger partial charge < -0.3 is 11.5 Å². The Kier molecular flexibility index (Phi) is 3.91. The third-order valence-electron chi connectivity index (χ3n) is 1.78. The summed E-state index contributed by atoms with van der Waals surface area (Å²) in [4.78, 5) is 0. The smallest absolute Gasteiger partial charge is 0.0868 e. The summed E-state index contributed by atoms with van der Waals surface area (Å²) in [6, 6.07) is 0. The minimum absolute atomic E-state index is 0.813. The first kappa shape index (κ1) is 8.71. The van der Waals surface area contributed by atoms with Gasteiger partial charge in [0.05, 0.1) is 23.6 Å². The third kappa shape index (κ3) is 2.34. The van der Waals surface area contributed by atoms with Gasteiger partial charge in [-0.05, 0) is 12.8 Å². The molecule has 1 rings (SSSR count). The molecule has 0 saturated carbocycles. The number of rotatable bonds is 2. The molecule has 1 heterocycles. The maximum Gasteiger partial charge on any atom is 0.0868 e. The van der Waals surface area contributed by atoms with Gasteiger partial charge in [0.1, 0.15) is 0 Å². The van der Waals surface area contributed by atoms with E-state index in [9.17, 15) is 0 Å². The molecule has 1 fully saturated rings. The van der Waals surface area contributed by atoms with E-state index >= 15 is 0 Å². The molecule has 0 aromatic carbocycles. The van der Waals surface area contributed by atoms with E-state index in [0.717, 1.165) is 23.6 Å². The van der Waals surface area contributed by atoms with Gasteiger partial charge in [-0.15, -0.1) is 0 Å². The molecule has 10 heavy (non-hydrogen) atoms. The van der Waals surface area contributed by atoms with Gasteiger partial charge in [0.25, 0.3) is 0 Å². The van der Waals surface area contributed by atoms with Crippen molar-refractivity contribution in [3.8, 4) is 0 Å². The number of hydrogen-bond donors (Lipinski definition) is 2. The van der Waals surface area contributed by atoms with Crippen molar-refractivity contribution in [3.05, 3.63) is 0 Å². The number of hydrogen-bond acceptors (Lipinski definition) is 2. The van der Waals surface area contributed by atoms with Crippen molar-refractivity contribution in [2.45, 2.75) is 23.3 Å². The summed E-state index contributed by atoms with van der Waals surface area (Å²) in [6.45, 7) is 2.17. The van der Waals surface area contributed by atoms with Crippen LogP contribution in [-0.4, -0.2) is 23.6 Å². The summed E-state index contributed by atoms with van der Waals surface area (Å²) in [5.74, 6) is 0. The summed E-state index contributed by atoms with van der Waals surface area (Å²) in [7, 11) is 4.02. The lowest BCUT2D eigenvalue weighted by Gasteiger charge is -2.22. The number of quaternary nitrogens is 2. The Hall–Kier alpha value is 0.620. The highest BCUT2D eigenvalue weighted by Gasteiger charge is 2.22. The highest BCUT2D eigenvalue weighted by molar-refractivity contribution is 8.77. The molecule has 0 amide bonds. The molecule has 60 valence electrons. The normalized spacial score (nSPS) is 34.2. The van der Waals surface area contributed by atoms with Gasteiger partial charge in [0.2, 0.25) is 0 Å². The predicted octanol–water partition coefficient (Wildman–Crippen LogP) is -0.617. The average molecular weight is 180 g/mol. The predicted molar refractivity (Wildman–Crippen MR) is 47.5 cm³/mol. The second-order valence-electron chi connectivity index (χ2n) is 2.59.